The van der Waals surface area contributed by atoms with Gasteiger partial charge < -0.3 is 10.1 Å². The van der Waals surface area contributed by atoms with Gasteiger partial charge in [0, 0.05) is 24.1 Å². The van der Waals surface area contributed by atoms with Gasteiger partial charge in [0.05, 0.1) is 12.8 Å². The molecule has 2 aromatic rings. The predicted octanol–water partition coefficient (Wildman–Crippen LogP) is 3.71. The first-order chi connectivity index (χ1) is 9.63. The van der Waals surface area contributed by atoms with Gasteiger partial charge in [-0.1, -0.05) is 13.8 Å². The van der Waals surface area contributed by atoms with Gasteiger partial charge in [-0.15, -0.1) is 0 Å². The lowest BCUT2D eigenvalue weighted by Gasteiger charge is -2.11. The van der Waals surface area contributed by atoms with Crippen molar-refractivity contribution in [3.8, 4) is 17.0 Å². The van der Waals surface area contributed by atoms with Gasteiger partial charge in [-0.3, -0.25) is 0 Å². The molecule has 1 N–H and O–H groups in total. The molecule has 1 aromatic carbocycles. The number of anilines is 1. The van der Waals surface area contributed by atoms with Gasteiger partial charge in [0.1, 0.15) is 17.4 Å². The maximum Gasteiger partial charge on any atom is 0.133 e. The smallest absolute Gasteiger partial charge is 0.133 e. The molecule has 0 amide bonds. The fourth-order valence-electron chi connectivity index (χ4n) is 1.91. The van der Waals surface area contributed by atoms with E-state index in [0.717, 1.165) is 35.2 Å². The molecule has 20 heavy (non-hydrogen) atoms. The van der Waals surface area contributed by atoms with Crippen LogP contribution in [0.3, 0.4) is 0 Å². The summed E-state index contributed by atoms with van der Waals surface area (Å²) in [7, 11) is 1.67. The Balaban J connectivity index is 2.42. The van der Waals surface area contributed by atoms with Crippen molar-refractivity contribution in [2.24, 2.45) is 0 Å². The number of ether oxygens (including phenoxy) is 1. The number of rotatable bonds is 5. The first-order valence-corrected chi connectivity index (χ1v) is 6.91. The topological polar surface area (TPSA) is 47.0 Å². The summed E-state index contributed by atoms with van der Waals surface area (Å²) in [4.78, 5) is 9.18. The van der Waals surface area contributed by atoms with Crippen molar-refractivity contribution in [2.75, 3.05) is 19.0 Å². The summed E-state index contributed by atoms with van der Waals surface area (Å²) in [5.74, 6) is 2.87. The van der Waals surface area contributed by atoms with Crippen molar-refractivity contribution in [1.29, 1.82) is 0 Å². The Kier molecular flexibility index (Phi) is 4.56. The second-order valence-electron chi connectivity index (χ2n) is 4.91. The summed E-state index contributed by atoms with van der Waals surface area (Å²) in [6.45, 7) is 7.10. The lowest BCUT2D eigenvalue weighted by molar-refractivity contribution is 0.415. The van der Waals surface area contributed by atoms with Gasteiger partial charge in [-0.05, 0) is 31.2 Å². The molecular formula is C16H21N3O. The summed E-state index contributed by atoms with van der Waals surface area (Å²) in [6, 6.07) is 9.90. The largest absolute Gasteiger partial charge is 0.497 e. The number of benzene rings is 1. The minimum atomic E-state index is 0.297. The zero-order valence-electron chi connectivity index (χ0n) is 12.5. The molecule has 2 rings (SSSR count). The lowest BCUT2D eigenvalue weighted by atomic mass is 10.1. The van der Waals surface area contributed by atoms with Gasteiger partial charge >= 0.3 is 0 Å². The molecule has 0 aliphatic carbocycles. The van der Waals surface area contributed by atoms with Crippen LogP contribution in [-0.4, -0.2) is 23.6 Å². The molecule has 0 atom stereocenters. The Hall–Kier alpha value is -2.10. The number of nitrogens with zero attached hydrogens (tertiary/aromatic N) is 2. The van der Waals surface area contributed by atoms with Gasteiger partial charge in [0.15, 0.2) is 0 Å². The number of aromatic nitrogens is 2. The quantitative estimate of drug-likeness (QED) is 0.900. The molecule has 1 aromatic heterocycles. The zero-order chi connectivity index (χ0) is 14.5. The highest BCUT2D eigenvalue weighted by Crippen LogP contribution is 2.24. The Bertz CT molecular complexity index is 564. The molecule has 0 saturated carbocycles. The van der Waals surface area contributed by atoms with Gasteiger partial charge in [-0.2, -0.15) is 0 Å². The van der Waals surface area contributed by atoms with E-state index in [4.69, 9.17) is 4.74 Å². The standard InChI is InChI=1S/C16H21N3O/c1-5-17-15-10-14(18-16(19-15)11(2)3)12-6-8-13(20-4)9-7-12/h6-11H,5H2,1-4H3,(H,17,18,19). The number of methoxy groups -OCH3 is 1. The van der Waals surface area contributed by atoms with Crippen LogP contribution >= 0.6 is 0 Å². The van der Waals surface area contributed by atoms with Gasteiger partial charge in [-0.25, -0.2) is 9.97 Å². The van der Waals surface area contributed by atoms with Crippen LogP contribution in [0, 0.1) is 0 Å². The van der Waals surface area contributed by atoms with Crippen LogP contribution in [0.4, 0.5) is 5.82 Å². The van der Waals surface area contributed by atoms with Crippen LogP contribution in [0.1, 0.15) is 32.5 Å². The molecule has 0 spiro atoms. The van der Waals surface area contributed by atoms with E-state index in [2.05, 4.69) is 36.1 Å². The first-order valence-electron chi connectivity index (χ1n) is 6.91. The van der Waals surface area contributed by atoms with Crippen molar-refractivity contribution in [2.45, 2.75) is 26.7 Å². The monoisotopic (exact) mass is 271 g/mol. The normalized spacial score (nSPS) is 10.7. The van der Waals surface area contributed by atoms with Crippen LogP contribution in [0.25, 0.3) is 11.3 Å². The van der Waals surface area contributed by atoms with Crippen molar-refractivity contribution in [3.63, 3.8) is 0 Å². The lowest BCUT2D eigenvalue weighted by Crippen LogP contribution is -2.05. The van der Waals surface area contributed by atoms with Crippen LogP contribution < -0.4 is 10.1 Å². The minimum Gasteiger partial charge on any atom is -0.497 e. The van der Waals surface area contributed by atoms with E-state index in [-0.39, 0.29) is 0 Å². The molecule has 106 valence electrons. The summed E-state index contributed by atoms with van der Waals surface area (Å²) >= 11 is 0. The van der Waals surface area contributed by atoms with Crippen LogP contribution in [0.5, 0.6) is 5.75 Å². The molecule has 0 radical (unpaired) electrons. The van der Waals surface area contributed by atoms with Gasteiger partial charge in [0.2, 0.25) is 0 Å². The highest BCUT2D eigenvalue weighted by molar-refractivity contribution is 5.63. The summed E-state index contributed by atoms with van der Waals surface area (Å²) in [5.41, 5.74) is 2.00. The average Bonchev–Trinajstić information content (AvgIpc) is 2.47. The molecule has 4 nitrogen and oxygen atoms in total. The fourth-order valence-corrected chi connectivity index (χ4v) is 1.91. The molecule has 0 aliphatic rings. The highest BCUT2D eigenvalue weighted by atomic mass is 16.5. The maximum absolute atomic E-state index is 5.18. The third-order valence-electron chi connectivity index (χ3n) is 3.00. The van der Waals surface area contributed by atoms with Crippen molar-refractivity contribution in [3.05, 3.63) is 36.2 Å². The summed E-state index contributed by atoms with van der Waals surface area (Å²) < 4.78 is 5.18. The number of hydrogen-bond acceptors (Lipinski definition) is 4. The SMILES string of the molecule is CCNc1cc(-c2ccc(OC)cc2)nc(C(C)C)n1. The summed E-state index contributed by atoms with van der Waals surface area (Å²) in [6.07, 6.45) is 0. The van der Waals surface area contributed by atoms with Crippen LogP contribution in [0.2, 0.25) is 0 Å². The van der Waals surface area contributed by atoms with E-state index in [1.807, 2.05) is 30.3 Å². The molecule has 0 saturated heterocycles. The molecule has 0 aliphatic heterocycles. The van der Waals surface area contributed by atoms with E-state index in [9.17, 15) is 0 Å². The van der Waals surface area contributed by atoms with Gasteiger partial charge in [0.25, 0.3) is 0 Å². The molecular weight excluding hydrogens is 250 g/mol. The van der Waals surface area contributed by atoms with E-state index < -0.39 is 0 Å². The molecule has 0 unspecified atom stereocenters. The van der Waals surface area contributed by atoms with Crippen LogP contribution in [-0.2, 0) is 0 Å². The Labute approximate surface area is 120 Å². The second-order valence-corrected chi connectivity index (χ2v) is 4.91. The van der Waals surface area contributed by atoms with E-state index >= 15 is 0 Å². The fraction of sp³-hybridized carbons (Fsp3) is 0.375. The highest BCUT2D eigenvalue weighted by Gasteiger charge is 2.09. The Morgan fingerprint density at radius 3 is 2.40 bits per heavy atom. The van der Waals surface area contributed by atoms with Crippen molar-refractivity contribution < 1.29 is 4.74 Å². The molecule has 0 fully saturated rings. The van der Waals surface area contributed by atoms with E-state index in [0.29, 0.717) is 5.92 Å². The molecule has 1 heterocycles. The number of nitrogens with one attached hydrogen (secondary N) is 1. The zero-order valence-corrected chi connectivity index (χ0v) is 12.5. The summed E-state index contributed by atoms with van der Waals surface area (Å²) in [5, 5.41) is 3.26. The van der Waals surface area contributed by atoms with Crippen molar-refractivity contribution >= 4 is 5.82 Å². The first kappa shape index (κ1) is 14.3. The van der Waals surface area contributed by atoms with E-state index in [1.54, 1.807) is 7.11 Å². The van der Waals surface area contributed by atoms with E-state index in [1.165, 1.54) is 0 Å². The van der Waals surface area contributed by atoms with Crippen molar-refractivity contribution in [1.82, 2.24) is 9.97 Å². The Morgan fingerprint density at radius 1 is 1.15 bits per heavy atom. The molecule has 4 heteroatoms. The predicted molar refractivity (Wildman–Crippen MR) is 82.3 cm³/mol. The van der Waals surface area contributed by atoms with Crippen LogP contribution in [0.15, 0.2) is 30.3 Å². The third-order valence-corrected chi connectivity index (χ3v) is 3.00. The second kappa shape index (κ2) is 6.37. The third kappa shape index (κ3) is 3.26. The average molecular weight is 271 g/mol. The Morgan fingerprint density at radius 2 is 1.85 bits per heavy atom. The molecule has 0 bridgehead atoms. The maximum atomic E-state index is 5.18. The minimum absolute atomic E-state index is 0.297. The number of hydrogen-bond donors (Lipinski definition) is 1.